The molecule has 0 aliphatic heterocycles. The number of hydrogen-bond donors (Lipinski definition) is 0. The Morgan fingerprint density at radius 1 is 1.07 bits per heavy atom. The van der Waals surface area contributed by atoms with Crippen molar-refractivity contribution in [1.82, 2.24) is 4.98 Å². The van der Waals surface area contributed by atoms with Crippen LogP contribution in [0.15, 0.2) is 53.6 Å². The molecule has 3 aromatic rings. The topological polar surface area (TPSA) is 36.7 Å². The number of hydrogen-bond acceptors (Lipinski definition) is 3. The molecule has 0 amide bonds. The fraction of sp³-hybridized carbons (Fsp3) is 0.250. The van der Waals surface area contributed by atoms with E-state index in [-0.39, 0.29) is 0 Å². The molecule has 0 N–H and O–H groups in total. The molecule has 152 valence electrons. The second-order valence-corrected chi connectivity index (χ2v) is 8.32. The van der Waals surface area contributed by atoms with Gasteiger partial charge in [-0.2, -0.15) is 18.4 Å². The molecule has 1 heterocycles. The van der Waals surface area contributed by atoms with Gasteiger partial charge >= 0.3 is 6.18 Å². The van der Waals surface area contributed by atoms with Gasteiger partial charge in [0.05, 0.1) is 16.8 Å². The van der Waals surface area contributed by atoms with Crippen molar-refractivity contribution >= 4 is 11.8 Å². The second kappa shape index (κ2) is 8.16. The van der Waals surface area contributed by atoms with Gasteiger partial charge in [0.15, 0.2) is 0 Å². The Morgan fingerprint density at radius 3 is 2.57 bits per heavy atom. The van der Waals surface area contributed by atoms with Crippen LogP contribution in [-0.4, -0.2) is 4.98 Å². The highest BCUT2D eigenvalue weighted by molar-refractivity contribution is 7.98. The van der Waals surface area contributed by atoms with E-state index < -0.39 is 11.7 Å². The van der Waals surface area contributed by atoms with Gasteiger partial charge in [-0.05, 0) is 60.6 Å². The summed E-state index contributed by atoms with van der Waals surface area (Å²) in [4.78, 5) is 4.73. The van der Waals surface area contributed by atoms with Crippen molar-refractivity contribution in [2.24, 2.45) is 0 Å². The molecule has 0 spiro atoms. The molecule has 4 rings (SSSR count). The van der Waals surface area contributed by atoms with Crippen LogP contribution in [0.1, 0.15) is 39.8 Å². The molecule has 0 radical (unpaired) electrons. The van der Waals surface area contributed by atoms with Crippen LogP contribution in [0, 0.1) is 18.3 Å². The van der Waals surface area contributed by atoms with Crippen molar-refractivity contribution in [3.63, 3.8) is 0 Å². The van der Waals surface area contributed by atoms with Crippen molar-refractivity contribution in [2.75, 3.05) is 0 Å². The quantitative estimate of drug-likeness (QED) is 0.436. The lowest BCUT2D eigenvalue weighted by Gasteiger charge is -2.15. The maximum absolute atomic E-state index is 13.2. The predicted molar refractivity (Wildman–Crippen MR) is 112 cm³/mol. The van der Waals surface area contributed by atoms with Crippen LogP contribution in [0.5, 0.6) is 0 Å². The average molecular weight is 424 g/mol. The molecular formula is C24H19F3N2S. The number of nitrogens with zero attached hydrogens (tertiary/aromatic N) is 2. The highest BCUT2D eigenvalue weighted by atomic mass is 32.2. The molecule has 0 fully saturated rings. The van der Waals surface area contributed by atoms with E-state index in [1.54, 1.807) is 6.07 Å². The molecular weight excluding hydrogens is 405 g/mol. The summed E-state index contributed by atoms with van der Waals surface area (Å²) < 4.78 is 39.7. The number of aromatic nitrogens is 1. The number of nitriles is 1. The van der Waals surface area contributed by atoms with E-state index in [4.69, 9.17) is 4.98 Å². The number of benzene rings is 2. The third kappa shape index (κ3) is 3.95. The maximum atomic E-state index is 13.2. The molecule has 1 aliphatic carbocycles. The predicted octanol–water partition coefficient (Wildman–Crippen LogP) is 6.73. The summed E-state index contributed by atoms with van der Waals surface area (Å²) in [7, 11) is 0. The number of rotatable bonds is 4. The van der Waals surface area contributed by atoms with Crippen molar-refractivity contribution in [3.8, 4) is 17.3 Å². The Kier molecular flexibility index (Phi) is 5.57. The van der Waals surface area contributed by atoms with Crippen LogP contribution < -0.4 is 0 Å². The van der Waals surface area contributed by atoms with Gasteiger partial charge < -0.3 is 0 Å². The van der Waals surface area contributed by atoms with Crippen LogP contribution in [0.4, 0.5) is 13.2 Å². The van der Waals surface area contributed by atoms with Crippen molar-refractivity contribution in [3.05, 3.63) is 81.9 Å². The molecule has 0 unspecified atom stereocenters. The highest BCUT2D eigenvalue weighted by Gasteiger charge is 2.31. The van der Waals surface area contributed by atoms with E-state index in [0.717, 1.165) is 53.6 Å². The summed E-state index contributed by atoms with van der Waals surface area (Å²) in [6.07, 6.45) is -2.05. The average Bonchev–Trinajstić information content (AvgIpc) is 3.21. The molecule has 2 aromatic carbocycles. The number of halogens is 3. The van der Waals surface area contributed by atoms with Gasteiger partial charge in [-0.3, -0.25) is 0 Å². The maximum Gasteiger partial charge on any atom is 0.416 e. The Labute approximate surface area is 177 Å². The Hall–Kier alpha value is -2.78. The second-order valence-electron chi connectivity index (χ2n) is 7.36. The van der Waals surface area contributed by atoms with Gasteiger partial charge in [0, 0.05) is 11.3 Å². The number of thioether (sulfide) groups is 1. The minimum absolute atomic E-state index is 0.449. The van der Waals surface area contributed by atoms with Gasteiger partial charge in [-0.1, -0.05) is 36.4 Å². The summed E-state index contributed by atoms with van der Waals surface area (Å²) in [5.74, 6) is 0.648. The summed E-state index contributed by atoms with van der Waals surface area (Å²) in [6.45, 7) is 2.03. The molecule has 30 heavy (non-hydrogen) atoms. The first kappa shape index (κ1) is 20.5. The zero-order chi connectivity index (χ0) is 21.3. The first-order valence-electron chi connectivity index (χ1n) is 9.69. The zero-order valence-corrected chi connectivity index (χ0v) is 17.2. The van der Waals surface area contributed by atoms with Crippen LogP contribution in [-0.2, 0) is 24.8 Å². The van der Waals surface area contributed by atoms with Gasteiger partial charge in [0.2, 0.25) is 0 Å². The molecule has 2 nitrogen and oxygen atoms in total. The zero-order valence-electron chi connectivity index (χ0n) is 16.4. The first-order valence-corrected chi connectivity index (χ1v) is 10.7. The number of alkyl halides is 3. The monoisotopic (exact) mass is 424 g/mol. The third-order valence-electron chi connectivity index (χ3n) is 5.43. The van der Waals surface area contributed by atoms with Crippen LogP contribution >= 0.6 is 11.8 Å². The van der Waals surface area contributed by atoms with Crippen molar-refractivity contribution in [1.29, 1.82) is 5.26 Å². The molecule has 1 aliphatic rings. The number of fused-ring (bicyclic) bond motifs is 1. The minimum atomic E-state index is -4.41. The van der Waals surface area contributed by atoms with Gasteiger partial charge in [0.1, 0.15) is 11.1 Å². The molecule has 6 heteroatoms. The molecule has 1 aromatic heterocycles. The molecule has 0 atom stereocenters. The lowest BCUT2D eigenvalue weighted by Crippen LogP contribution is -2.06. The lowest BCUT2D eigenvalue weighted by atomic mass is 9.98. The highest BCUT2D eigenvalue weighted by Crippen LogP contribution is 2.39. The Balaban J connectivity index is 1.79. The van der Waals surface area contributed by atoms with Crippen LogP contribution in [0.2, 0.25) is 0 Å². The fourth-order valence-corrected chi connectivity index (χ4v) is 4.94. The SMILES string of the molecule is Cc1ccccc1CSc1nc(-c2cccc(C(F)(F)F)c2)c2c(c1C#N)CCC2. The van der Waals surface area contributed by atoms with E-state index in [9.17, 15) is 18.4 Å². The van der Waals surface area contributed by atoms with E-state index in [2.05, 4.69) is 6.07 Å². The summed E-state index contributed by atoms with van der Waals surface area (Å²) in [5, 5.41) is 10.4. The lowest BCUT2D eigenvalue weighted by molar-refractivity contribution is -0.137. The van der Waals surface area contributed by atoms with E-state index in [0.29, 0.717) is 27.6 Å². The minimum Gasteiger partial charge on any atom is -0.240 e. The van der Waals surface area contributed by atoms with E-state index in [1.165, 1.54) is 17.8 Å². The number of pyridine rings is 1. The summed E-state index contributed by atoms with van der Waals surface area (Å²) in [5.41, 5.74) is 5.05. The van der Waals surface area contributed by atoms with Crippen LogP contribution in [0.3, 0.4) is 0 Å². The fourth-order valence-electron chi connectivity index (χ4n) is 3.85. The Bertz CT molecular complexity index is 1150. The largest absolute Gasteiger partial charge is 0.416 e. The smallest absolute Gasteiger partial charge is 0.240 e. The summed E-state index contributed by atoms with van der Waals surface area (Å²) >= 11 is 1.47. The normalized spacial score (nSPS) is 13.2. The van der Waals surface area contributed by atoms with Crippen LogP contribution in [0.25, 0.3) is 11.3 Å². The molecule has 0 bridgehead atoms. The van der Waals surface area contributed by atoms with E-state index >= 15 is 0 Å². The third-order valence-corrected chi connectivity index (χ3v) is 6.46. The number of aryl methyl sites for hydroxylation is 1. The van der Waals surface area contributed by atoms with Crippen molar-refractivity contribution < 1.29 is 13.2 Å². The van der Waals surface area contributed by atoms with Gasteiger partial charge in [-0.25, -0.2) is 4.98 Å². The first-order chi connectivity index (χ1) is 14.4. The van der Waals surface area contributed by atoms with E-state index in [1.807, 2.05) is 31.2 Å². The molecule has 0 saturated carbocycles. The molecule has 0 saturated heterocycles. The standard InChI is InChI=1S/C24H19F3N2S/c1-15-6-2-3-7-17(15)14-30-23-21(13-28)19-10-5-11-20(19)22(29-23)16-8-4-9-18(12-16)24(25,26)27/h2-4,6-9,12H,5,10-11,14H2,1H3. The van der Waals surface area contributed by atoms with Gasteiger partial charge in [-0.15, -0.1) is 11.8 Å². The Morgan fingerprint density at radius 2 is 1.83 bits per heavy atom. The van der Waals surface area contributed by atoms with Crippen molar-refractivity contribution in [2.45, 2.75) is 43.1 Å². The summed E-state index contributed by atoms with van der Waals surface area (Å²) in [6, 6.07) is 15.6. The van der Waals surface area contributed by atoms with Gasteiger partial charge in [0.25, 0.3) is 0 Å².